The SMILES string of the molecule is C#CC1(c2ccc(S(=O)(=O)CC)c(-c3nc4cc(C(F)(F)F)cnc4n3C)n2)CC1. The van der Waals surface area contributed by atoms with Gasteiger partial charge in [-0.2, -0.15) is 13.2 Å². The van der Waals surface area contributed by atoms with E-state index in [1.165, 1.54) is 17.6 Å². The van der Waals surface area contributed by atoms with Crippen molar-refractivity contribution in [2.45, 2.75) is 36.3 Å². The first-order chi connectivity index (χ1) is 14.0. The molecule has 3 heterocycles. The van der Waals surface area contributed by atoms with Crippen LogP contribution in [0.3, 0.4) is 0 Å². The molecule has 1 fully saturated rings. The highest BCUT2D eigenvalue weighted by Gasteiger charge is 2.44. The highest BCUT2D eigenvalue weighted by atomic mass is 32.2. The molecule has 0 N–H and O–H groups in total. The third kappa shape index (κ3) is 3.13. The summed E-state index contributed by atoms with van der Waals surface area (Å²) >= 11 is 0. The number of aryl methyl sites for hydroxylation is 1. The molecule has 156 valence electrons. The van der Waals surface area contributed by atoms with Crippen LogP contribution < -0.4 is 0 Å². The Morgan fingerprint density at radius 3 is 2.53 bits per heavy atom. The zero-order valence-electron chi connectivity index (χ0n) is 16.2. The molecule has 0 bridgehead atoms. The van der Waals surface area contributed by atoms with E-state index in [2.05, 4.69) is 20.9 Å². The summed E-state index contributed by atoms with van der Waals surface area (Å²) in [4.78, 5) is 12.6. The molecular formula is C20H17F3N4O2S. The topological polar surface area (TPSA) is 77.7 Å². The fourth-order valence-corrected chi connectivity index (χ4v) is 4.34. The summed E-state index contributed by atoms with van der Waals surface area (Å²) in [7, 11) is -2.13. The van der Waals surface area contributed by atoms with Gasteiger partial charge in [0.15, 0.2) is 21.3 Å². The number of sulfone groups is 1. The van der Waals surface area contributed by atoms with Crippen LogP contribution in [0.5, 0.6) is 0 Å². The van der Waals surface area contributed by atoms with Crippen molar-refractivity contribution in [3.05, 3.63) is 35.7 Å². The predicted molar refractivity (Wildman–Crippen MR) is 104 cm³/mol. The molecule has 30 heavy (non-hydrogen) atoms. The van der Waals surface area contributed by atoms with Crippen molar-refractivity contribution in [1.82, 2.24) is 19.5 Å². The van der Waals surface area contributed by atoms with E-state index in [0.717, 1.165) is 25.1 Å². The molecule has 0 radical (unpaired) electrons. The molecule has 3 aromatic rings. The highest BCUT2D eigenvalue weighted by molar-refractivity contribution is 7.91. The van der Waals surface area contributed by atoms with Gasteiger partial charge in [0.2, 0.25) is 0 Å². The fourth-order valence-electron chi connectivity index (χ4n) is 3.32. The van der Waals surface area contributed by atoms with Crippen LogP contribution in [0.15, 0.2) is 29.3 Å². The van der Waals surface area contributed by atoms with Gasteiger partial charge < -0.3 is 4.57 Å². The Kier molecular flexibility index (Phi) is 4.43. The first-order valence-corrected chi connectivity index (χ1v) is 10.8. The molecule has 1 aliphatic rings. The largest absolute Gasteiger partial charge is 0.417 e. The van der Waals surface area contributed by atoms with Crippen molar-refractivity contribution >= 4 is 21.0 Å². The Morgan fingerprint density at radius 1 is 1.27 bits per heavy atom. The van der Waals surface area contributed by atoms with Gasteiger partial charge >= 0.3 is 6.18 Å². The van der Waals surface area contributed by atoms with Gasteiger partial charge in [0, 0.05) is 13.2 Å². The number of fused-ring (bicyclic) bond motifs is 1. The van der Waals surface area contributed by atoms with E-state index in [4.69, 9.17) is 6.42 Å². The molecule has 0 amide bonds. The van der Waals surface area contributed by atoms with Crippen molar-refractivity contribution in [3.63, 3.8) is 0 Å². The van der Waals surface area contributed by atoms with E-state index in [9.17, 15) is 21.6 Å². The van der Waals surface area contributed by atoms with Gasteiger partial charge in [-0.05, 0) is 31.0 Å². The second-order valence-electron chi connectivity index (χ2n) is 7.23. The molecule has 0 aliphatic heterocycles. The number of terminal acetylenes is 1. The van der Waals surface area contributed by atoms with E-state index >= 15 is 0 Å². The third-order valence-corrected chi connectivity index (χ3v) is 7.10. The van der Waals surface area contributed by atoms with Crippen LogP contribution in [0.4, 0.5) is 13.2 Å². The second kappa shape index (κ2) is 6.54. The molecule has 0 saturated heterocycles. The molecule has 0 unspecified atom stereocenters. The number of aromatic nitrogens is 4. The zero-order chi connectivity index (χ0) is 21.9. The molecule has 1 saturated carbocycles. The quantitative estimate of drug-likeness (QED) is 0.588. The number of hydrogen-bond acceptors (Lipinski definition) is 5. The summed E-state index contributed by atoms with van der Waals surface area (Å²) in [5, 5.41) is 0. The van der Waals surface area contributed by atoms with Crippen LogP contribution >= 0.6 is 0 Å². The fraction of sp³-hybridized carbons (Fsp3) is 0.350. The molecule has 0 spiro atoms. The number of halogens is 3. The summed E-state index contributed by atoms with van der Waals surface area (Å²) in [6.07, 6.45) is 3.26. The molecule has 3 aromatic heterocycles. The van der Waals surface area contributed by atoms with Crippen molar-refractivity contribution in [2.24, 2.45) is 7.05 Å². The van der Waals surface area contributed by atoms with Crippen molar-refractivity contribution in [3.8, 4) is 23.9 Å². The zero-order valence-corrected chi connectivity index (χ0v) is 17.0. The van der Waals surface area contributed by atoms with Gasteiger partial charge in [-0.15, -0.1) is 6.42 Å². The average molecular weight is 434 g/mol. The van der Waals surface area contributed by atoms with Gasteiger partial charge in [-0.1, -0.05) is 12.8 Å². The van der Waals surface area contributed by atoms with E-state index in [1.54, 1.807) is 13.1 Å². The molecule has 0 atom stereocenters. The molecular weight excluding hydrogens is 417 g/mol. The summed E-state index contributed by atoms with van der Waals surface area (Å²) in [6, 6.07) is 3.93. The van der Waals surface area contributed by atoms with E-state index < -0.39 is 27.0 Å². The van der Waals surface area contributed by atoms with E-state index in [1.807, 2.05) is 0 Å². The number of alkyl halides is 3. The monoisotopic (exact) mass is 434 g/mol. The Labute approximate surface area is 171 Å². The number of imidazole rings is 1. The second-order valence-corrected chi connectivity index (χ2v) is 9.48. The molecule has 6 nitrogen and oxygen atoms in total. The Morgan fingerprint density at radius 2 is 1.97 bits per heavy atom. The number of rotatable bonds is 4. The minimum absolute atomic E-state index is 0.00698. The first kappa shape index (κ1) is 20.3. The summed E-state index contributed by atoms with van der Waals surface area (Å²) < 4.78 is 66.0. The number of hydrogen-bond donors (Lipinski definition) is 0. The van der Waals surface area contributed by atoms with E-state index in [-0.39, 0.29) is 33.3 Å². The van der Waals surface area contributed by atoms with E-state index in [0.29, 0.717) is 5.69 Å². The highest BCUT2D eigenvalue weighted by Crippen LogP contribution is 2.47. The molecule has 10 heteroatoms. The first-order valence-electron chi connectivity index (χ1n) is 9.14. The normalized spacial score (nSPS) is 15.9. The van der Waals surface area contributed by atoms with Gasteiger partial charge in [-0.25, -0.2) is 23.4 Å². The van der Waals surface area contributed by atoms with Crippen LogP contribution in [0, 0.1) is 12.3 Å². The van der Waals surface area contributed by atoms with Crippen molar-refractivity contribution < 1.29 is 21.6 Å². The van der Waals surface area contributed by atoms with Crippen molar-refractivity contribution in [2.75, 3.05) is 5.75 Å². The lowest BCUT2D eigenvalue weighted by Gasteiger charge is -2.13. The summed E-state index contributed by atoms with van der Waals surface area (Å²) in [5.74, 6) is 2.65. The van der Waals surface area contributed by atoms with Crippen LogP contribution in [0.1, 0.15) is 31.0 Å². The molecule has 0 aromatic carbocycles. The lowest BCUT2D eigenvalue weighted by Crippen LogP contribution is -2.13. The maximum Gasteiger partial charge on any atom is 0.417 e. The van der Waals surface area contributed by atoms with Crippen molar-refractivity contribution in [1.29, 1.82) is 0 Å². The minimum atomic E-state index is -4.57. The Hall–Kier alpha value is -2.93. The minimum Gasteiger partial charge on any atom is -0.310 e. The average Bonchev–Trinajstić information content (AvgIpc) is 3.45. The lowest BCUT2D eigenvalue weighted by molar-refractivity contribution is -0.137. The number of nitrogens with zero attached hydrogens (tertiary/aromatic N) is 4. The van der Waals surface area contributed by atoms with Crippen LogP contribution in [-0.2, 0) is 28.5 Å². The third-order valence-electron chi connectivity index (χ3n) is 5.34. The predicted octanol–water partition coefficient (Wildman–Crippen LogP) is 3.51. The van der Waals surface area contributed by atoms with Gasteiger partial charge in [-0.3, -0.25) is 0 Å². The van der Waals surface area contributed by atoms with Crippen LogP contribution in [-0.4, -0.2) is 33.7 Å². The maximum absolute atomic E-state index is 13.1. The summed E-state index contributed by atoms with van der Waals surface area (Å²) in [5.41, 5.74) is -0.700. The van der Waals surface area contributed by atoms with Gasteiger partial charge in [0.05, 0.1) is 27.3 Å². The molecule has 1 aliphatic carbocycles. The Bertz CT molecular complexity index is 1320. The molecule has 4 rings (SSSR count). The lowest BCUT2D eigenvalue weighted by atomic mass is 10.0. The maximum atomic E-state index is 13.1. The smallest absolute Gasteiger partial charge is 0.310 e. The van der Waals surface area contributed by atoms with Gasteiger partial charge in [0.1, 0.15) is 11.2 Å². The number of pyridine rings is 2. The summed E-state index contributed by atoms with van der Waals surface area (Å²) in [6.45, 7) is 1.50. The van der Waals surface area contributed by atoms with Crippen LogP contribution in [0.2, 0.25) is 0 Å². The Balaban J connectivity index is 1.98. The standard InChI is InChI=1S/C20H17F3N4O2S/c1-4-19(8-9-19)15-7-6-14(30(28,29)5-2)16(26-15)18-25-13-10-12(20(21,22)23)11-24-17(13)27(18)3/h1,6-7,10-11H,5,8-9H2,2-3H3. The van der Waals surface area contributed by atoms with Crippen LogP contribution in [0.25, 0.3) is 22.7 Å². The van der Waals surface area contributed by atoms with Gasteiger partial charge in [0.25, 0.3) is 0 Å².